The van der Waals surface area contributed by atoms with Gasteiger partial charge in [-0.15, -0.1) is 0 Å². The summed E-state index contributed by atoms with van der Waals surface area (Å²) in [5.74, 6) is 0. The van der Waals surface area contributed by atoms with Gasteiger partial charge in [-0.3, -0.25) is 9.58 Å². The molecule has 0 aliphatic carbocycles. The molecule has 0 unspecified atom stereocenters. The van der Waals surface area contributed by atoms with Crippen molar-refractivity contribution in [2.45, 2.75) is 32.2 Å². The smallest absolute Gasteiger partial charge is 0.0867 e. The van der Waals surface area contributed by atoms with Crippen molar-refractivity contribution in [1.82, 2.24) is 20.0 Å². The predicted octanol–water partition coefficient (Wildman–Crippen LogP) is 0.0756. The highest BCUT2D eigenvalue weighted by Gasteiger charge is 2.36. The molecule has 2 aliphatic heterocycles. The minimum atomic E-state index is 0.377. The van der Waals surface area contributed by atoms with E-state index in [9.17, 15) is 0 Å². The molecular weight excluding hydrogens is 216 g/mol. The first-order valence-corrected chi connectivity index (χ1v) is 6.45. The SMILES string of the molecule is CCn1nccc1CN1CCO[C@H]2CNC[C@H]21. The monoisotopic (exact) mass is 236 g/mol. The molecule has 3 rings (SSSR count). The van der Waals surface area contributed by atoms with E-state index in [0.717, 1.165) is 39.3 Å². The van der Waals surface area contributed by atoms with Crippen LogP contribution < -0.4 is 5.32 Å². The van der Waals surface area contributed by atoms with E-state index in [1.54, 1.807) is 0 Å². The number of aromatic nitrogens is 2. The average Bonchev–Trinajstić information content (AvgIpc) is 2.97. The molecule has 1 aromatic rings. The molecule has 0 aromatic carbocycles. The van der Waals surface area contributed by atoms with E-state index < -0.39 is 0 Å². The van der Waals surface area contributed by atoms with E-state index in [0.29, 0.717) is 12.1 Å². The van der Waals surface area contributed by atoms with Gasteiger partial charge in [0.2, 0.25) is 0 Å². The quantitative estimate of drug-likeness (QED) is 0.807. The van der Waals surface area contributed by atoms with Crippen LogP contribution in [0.1, 0.15) is 12.6 Å². The Bertz CT molecular complexity index is 378. The number of hydrogen-bond donors (Lipinski definition) is 1. The van der Waals surface area contributed by atoms with E-state index in [4.69, 9.17) is 4.74 Å². The zero-order valence-corrected chi connectivity index (χ0v) is 10.3. The summed E-state index contributed by atoms with van der Waals surface area (Å²) in [5.41, 5.74) is 1.31. The first kappa shape index (κ1) is 11.2. The zero-order valence-electron chi connectivity index (χ0n) is 10.3. The lowest BCUT2D eigenvalue weighted by Gasteiger charge is -2.36. The molecule has 1 aromatic heterocycles. The summed E-state index contributed by atoms with van der Waals surface area (Å²) in [7, 11) is 0. The van der Waals surface area contributed by atoms with Crippen molar-refractivity contribution < 1.29 is 4.74 Å². The molecule has 1 N–H and O–H groups in total. The van der Waals surface area contributed by atoms with Crippen LogP contribution in [-0.4, -0.2) is 53.1 Å². The summed E-state index contributed by atoms with van der Waals surface area (Å²) in [5, 5.41) is 7.74. The van der Waals surface area contributed by atoms with Crippen molar-refractivity contribution in [3.63, 3.8) is 0 Å². The van der Waals surface area contributed by atoms with Gasteiger partial charge < -0.3 is 10.1 Å². The Morgan fingerprint density at radius 3 is 3.35 bits per heavy atom. The molecule has 2 saturated heterocycles. The molecule has 0 bridgehead atoms. The number of nitrogens with one attached hydrogen (secondary N) is 1. The van der Waals surface area contributed by atoms with Crippen LogP contribution in [0, 0.1) is 0 Å². The second kappa shape index (κ2) is 4.76. The molecule has 94 valence electrons. The third-order valence-corrected chi connectivity index (χ3v) is 3.78. The van der Waals surface area contributed by atoms with Crippen molar-refractivity contribution >= 4 is 0 Å². The van der Waals surface area contributed by atoms with Crippen LogP contribution >= 0.6 is 0 Å². The summed E-state index contributed by atoms with van der Waals surface area (Å²) < 4.78 is 7.86. The molecule has 5 nitrogen and oxygen atoms in total. The molecule has 0 spiro atoms. The fraction of sp³-hybridized carbons (Fsp3) is 0.750. The van der Waals surface area contributed by atoms with E-state index in [1.807, 2.05) is 6.20 Å². The van der Waals surface area contributed by atoms with Crippen LogP contribution in [0.25, 0.3) is 0 Å². The van der Waals surface area contributed by atoms with Gasteiger partial charge in [0.1, 0.15) is 0 Å². The summed E-state index contributed by atoms with van der Waals surface area (Å²) >= 11 is 0. The van der Waals surface area contributed by atoms with Crippen molar-refractivity contribution in [1.29, 1.82) is 0 Å². The number of ether oxygens (including phenoxy) is 1. The number of hydrogen-bond acceptors (Lipinski definition) is 4. The standard InChI is InChI=1S/C12H20N4O/c1-2-16-10(3-4-14-16)9-15-5-6-17-12-8-13-7-11(12)15/h3-4,11-13H,2,5-9H2,1H3/t11-,12+/m1/s1. The Balaban J connectivity index is 1.71. The highest BCUT2D eigenvalue weighted by molar-refractivity contribution is 5.03. The second-order valence-electron chi connectivity index (χ2n) is 4.74. The van der Waals surface area contributed by atoms with Crippen LogP contribution in [-0.2, 0) is 17.8 Å². The third kappa shape index (κ3) is 2.10. The zero-order chi connectivity index (χ0) is 11.7. The number of fused-ring (bicyclic) bond motifs is 1. The van der Waals surface area contributed by atoms with Gasteiger partial charge in [-0.25, -0.2) is 0 Å². The van der Waals surface area contributed by atoms with Crippen molar-refractivity contribution in [2.75, 3.05) is 26.2 Å². The van der Waals surface area contributed by atoms with Gasteiger partial charge in [0.15, 0.2) is 0 Å². The van der Waals surface area contributed by atoms with Crippen molar-refractivity contribution in [2.24, 2.45) is 0 Å². The highest BCUT2D eigenvalue weighted by Crippen LogP contribution is 2.19. The molecular formula is C12H20N4O. The molecule has 0 saturated carbocycles. The van der Waals surface area contributed by atoms with E-state index >= 15 is 0 Å². The Hall–Kier alpha value is -0.910. The van der Waals surface area contributed by atoms with Crippen molar-refractivity contribution in [3.8, 4) is 0 Å². The fourth-order valence-electron chi connectivity index (χ4n) is 2.85. The van der Waals surface area contributed by atoms with Crippen LogP contribution in [0.4, 0.5) is 0 Å². The summed E-state index contributed by atoms with van der Waals surface area (Å²) in [6.45, 7) is 7.98. The minimum absolute atomic E-state index is 0.377. The Kier molecular flexibility index (Phi) is 3.13. The summed E-state index contributed by atoms with van der Waals surface area (Å²) in [6.07, 6.45) is 2.27. The summed E-state index contributed by atoms with van der Waals surface area (Å²) in [4.78, 5) is 2.53. The Morgan fingerprint density at radius 1 is 1.53 bits per heavy atom. The summed E-state index contributed by atoms with van der Waals surface area (Å²) in [6, 6.07) is 2.65. The first-order valence-electron chi connectivity index (χ1n) is 6.45. The lowest BCUT2D eigenvalue weighted by molar-refractivity contribution is -0.0508. The number of morpholine rings is 1. The van der Waals surface area contributed by atoms with Crippen LogP contribution in [0.15, 0.2) is 12.3 Å². The molecule has 2 fully saturated rings. The molecule has 0 radical (unpaired) electrons. The highest BCUT2D eigenvalue weighted by atomic mass is 16.5. The van der Waals surface area contributed by atoms with Gasteiger partial charge >= 0.3 is 0 Å². The second-order valence-corrected chi connectivity index (χ2v) is 4.74. The van der Waals surface area contributed by atoms with Gasteiger partial charge in [0.05, 0.1) is 24.4 Å². The predicted molar refractivity (Wildman–Crippen MR) is 64.7 cm³/mol. The molecule has 0 amide bonds. The fourth-order valence-corrected chi connectivity index (χ4v) is 2.85. The Morgan fingerprint density at radius 2 is 2.47 bits per heavy atom. The van der Waals surface area contributed by atoms with Gasteiger partial charge in [-0.2, -0.15) is 5.10 Å². The van der Waals surface area contributed by atoms with E-state index in [-0.39, 0.29) is 0 Å². The van der Waals surface area contributed by atoms with Crippen LogP contribution in [0.5, 0.6) is 0 Å². The first-order chi connectivity index (χ1) is 8.38. The Labute approximate surface area is 102 Å². The van der Waals surface area contributed by atoms with E-state index in [2.05, 4.69) is 33.0 Å². The van der Waals surface area contributed by atoms with Crippen molar-refractivity contribution in [3.05, 3.63) is 18.0 Å². The number of rotatable bonds is 3. The molecule has 2 aliphatic rings. The largest absolute Gasteiger partial charge is 0.374 e. The average molecular weight is 236 g/mol. The van der Waals surface area contributed by atoms with Gasteiger partial charge in [0.25, 0.3) is 0 Å². The molecule has 5 heteroatoms. The van der Waals surface area contributed by atoms with Crippen LogP contribution in [0.3, 0.4) is 0 Å². The maximum atomic E-state index is 5.78. The number of nitrogens with zero attached hydrogens (tertiary/aromatic N) is 3. The normalized spacial score (nSPS) is 29.5. The maximum absolute atomic E-state index is 5.78. The molecule has 17 heavy (non-hydrogen) atoms. The van der Waals surface area contributed by atoms with Gasteiger partial charge in [0, 0.05) is 38.9 Å². The van der Waals surface area contributed by atoms with Crippen LogP contribution in [0.2, 0.25) is 0 Å². The molecule has 2 atom stereocenters. The lowest BCUT2D eigenvalue weighted by atomic mass is 10.1. The van der Waals surface area contributed by atoms with Gasteiger partial charge in [-0.1, -0.05) is 0 Å². The third-order valence-electron chi connectivity index (χ3n) is 3.78. The number of aryl methyl sites for hydroxylation is 1. The minimum Gasteiger partial charge on any atom is -0.374 e. The van der Waals surface area contributed by atoms with E-state index in [1.165, 1.54) is 5.69 Å². The topological polar surface area (TPSA) is 42.3 Å². The maximum Gasteiger partial charge on any atom is 0.0867 e. The van der Waals surface area contributed by atoms with Gasteiger partial charge in [-0.05, 0) is 13.0 Å². The molecule has 3 heterocycles. The lowest BCUT2D eigenvalue weighted by Crippen LogP contribution is -2.50.